The smallest absolute Gasteiger partial charge is 1.00 e. The first-order chi connectivity index (χ1) is 16.2. The molecule has 0 spiro atoms. The van der Waals surface area contributed by atoms with Gasteiger partial charge in [-0.05, 0) is 66.1 Å². The molecule has 3 heteroatoms. The maximum absolute atomic E-state index is 2.41. The van der Waals surface area contributed by atoms with Crippen LogP contribution in [0.3, 0.4) is 0 Å². The Morgan fingerprint density at radius 3 is 2.33 bits per heavy atom. The molecule has 0 saturated carbocycles. The zero-order chi connectivity index (χ0) is 22.1. The van der Waals surface area contributed by atoms with Crippen LogP contribution in [0.1, 0.15) is 42.4 Å². The zero-order valence-corrected chi connectivity index (χ0v) is 24.3. The summed E-state index contributed by atoms with van der Waals surface area (Å²) in [6.07, 6.45) is 9.18. The van der Waals surface area contributed by atoms with Crippen molar-refractivity contribution in [3.8, 4) is 11.1 Å². The van der Waals surface area contributed by atoms with Crippen LogP contribution in [0.25, 0.3) is 33.0 Å². The van der Waals surface area contributed by atoms with E-state index in [1.54, 1.807) is 5.57 Å². The van der Waals surface area contributed by atoms with Gasteiger partial charge in [-0.3, -0.25) is 0 Å². The Morgan fingerprint density at radius 2 is 1.50 bits per heavy atom. The summed E-state index contributed by atoms with van der Waals surface area (Å²) < 4.78 is 0. The Hall–Kier alpha value is -2.18. The number of hydrogen-bond donors (Lipinski definition) is 0. The van der Waals surface area contributed by atoms with Crippen molar-refractivity contribution in [2.24, 2.45) is 5.92 Å². The van der Waals surface area contributed by atoms with E-state index in [9.17, 15) is 0 Å². The molecule has 0 fully saturated rings. The first-order valence-corrected chi connectivity index (χ1v) is 12.1. The molecule has 0 bridgehead atoms. The van der Waals surface area contributed by atoms with Crippen LogP contribution in [-0.4, -0.2) is 0 Å². The van der Waals surface area contributed by atoms with Crippen LogP contribution in [0, 0.1) is 5.92 Å². The SMILES string of the molecule is CC(C)c1cccc2c1=C(C1c3ccccc3-c3c1ccc1ccccc31)C1C=CC=CC=21.[Cl-].[Cl-].[Zr+2]. The summed E-state index contributed by atoms with van der Waals surface area (Å²) in [5.74, 6) is 1.09. The molecule has 4 aromatic carbocycles. The van der Waals surface area contributed by atoms with E-state index < -0.39 is 0 Å². The molecule has 36 heavy (non-hydrogen) atoms. The molecule has 0 aromatic heterocycles. The largest absolute Gasteiger partial charge is 2.00 e. The standard InChI is InChI=1S/C33H26.2ClH.Zr/c1-20(2)22-16-9-17-25-24-12-5-6-13-26(24)33(31(22)25)32-28-15-8-7-14-27(28)30-23-11-4-3-10-21(23)18-19-29(30)32;;;/h3-20,26,32H,1-2H3;2*1H;/q;;;+2/p-2. The van der Waals surface area contributed by atoms with Crippen LogP contribution in [0.5, 0.6) is 0 Å². The Kier molecular flexibility index (Phi) is 7.69. The van der Waals surface area contributed by atoms with E-state index in [4.69, 9.17) is 0 Å². The molecule has 4 aromatic rings. The molecule has 0 N–H and O–H groups in total. The monoisotopic (exact) mass is 582 g/mol. The van der Waals surface area contributed by atoms with Gasteiger partial charge >= 0.3 is 26.2 Å². The van der Waals surface area contributed by atoms with E-state index in [0.29, 0.717) is 11.8 Å². The number of benzene rings is 4. The molecular weight excluding hydrogens is 558 g/mol. The van der Waals surface area contributed by atoms with Gasteiger partial charge in [0.2, 0.25) is 0 Å². The third kappa shape index (κ3) is 3.75. The zero-order valence-electron chi connectivity index (χ0n) is 20.3. The molecule has 176 valence electrons. The second-order valence-corrected chi connectivity index (χ2v) is 9.83. The van der Waals surface area contributed by atoms with Crippen molar-refractivity contribution in [2.75, 3.05) is 0 Å². The van der Waals surface area contributed by atoms with Gasteiger partial charge in [-0.25, -0.2) is 0 Å². The summed E-state index contributed by atoms with van der Waals surface area (Å²) in [5.41, 5.74) is 10.2. The van der Waals surface area contributed by atoms with E-state index in [0.717, 1.165) is 0 Å². The van der Waals surface area contributed by atoms with E-state index in [2.05, 4.69) is 117 Å². The van der Waals surface area contributed by atoms with Crippen molar-refractivity contribution >= 4 is 21.9 Å². The van der Waals surface area contributed by atoms with Crippen molar-refractivity contribution in [2.45, 2.75) is 25.7 Å². The van der Waals surface area contributed by atoms with Gasteiger partial charge in [-0.2, -0.15) is 0 Å². The summed E-state index contributed by atoms with van der Waals surface area (Å²) in [6.45, 7) is 4.66. The van der Waals surface area contributed by atoms with Gasteiger partial charge < -0.3 is 24.8 Å². The van der Waals surface area contributed by atoms with Crippen LogP contribution < -0.4 is 35.3 Å². The molecule has 3 aliphatic rings. The van der Waals surface area contributed by atoms with Crippen LogP contribution in [0.15, 0.2) is 103 Å². The molecule has 2 unspecified atom stereocenters. The van der Waals surface area contributed by atoms with Crippen molar-refractivity contribution in [1.82, 2.24) is 0 Å². The minimum absolute atomic E-state index is 0. The maximum atomic E-state index is 2.41. The first kappa shape index (κ1) is 26.9. The maximum Gasteiger partial charge on any atom is 2.00 e. The Labute approximate surface area is 244 Å². The number of hydrogen-bond acceptors (Lipinski definition) is 0. The van der Waals surface area contributed by atoms with Gasteiger partial charge in [0.15, 0.2) is 0 Å². The average Bonchev–Trinajstić information content (AvgIpc) is 3.36. The molecule has 0 amide bonds. The summed E-state index contributed by atoms with van der Waals surface area (Å²) in [5, 5.41) is 5.60. The van der Waals surface area contributed by atoms with E-state index in [1.165, 1.54) is 54.6 Å². The normalized spacial score (nSPS) is 18.1. The minimum Gasteiger partial charge on any atom is -1.00 e. The van der Waals surface area contributed by atoms with E-state index >= 15 is 0 Å². The summed E-state index contributed by atoms with van der Waals surface area (Å²) in [6, 6.07) is 29.6. The Balaban J connectivity index is 0.00000101. The van der Waals surface area contributed by atoms with Crippen molar-refractivity contribution in [3.63, 3.8) is 0 Å². The average molecular weight is 585 g/mol. The van der Waals surface area contributed by atoms with E-state index in [-0.39, 0.29) is 56.9 Å². The van der Waals surface area contributed by atoms with Gasteiger partial charge in [0, 0.05) is 11.8 Å². The number of allylic oxidation sites excluding steroid dienone is 4. The Morgan fingerprint density at radius 1 is 0.722 bits per heavy atom. The van der Waals surface area contributed by atoms with Crippen LogP contribution in [0.2, 0.25) is 0 Å². The van der Waals surface area contributed by atoms with Crippen LogP contribution in [-0.2, 0) is 26.2 Å². The van der Waals surface area contributed by atoms with Crippen molar-refractivity contribution < 1.29 is 51.0 Å². The van der Waals surface area contributed by atoms with Gasteiger partial charge in [0.1, 0.15) is 0 Å². The van der Waals surface area contributed by atoms with Gasteiger partial charge in [0.25, 0.3) is 0 Å². The third-order valence-corrected chi connectivity index (χ3v) is 7.80. The molecule has 0 saturated heterocycles. The Bertz CT molecular complexity index is 1660. The summed E-state index contributed by atoms with van der Waals surface area (Å²) >= 11 is 0. The predicted octanol–water partition coefficient (Wildman–Crippen LogP) is 0.838. The fourth-order valence-electron chi connectivity index (χ4n) is 6.47. The number of rotatable bonds is 2. The molecule has 7 rings (SSSR count). The topological polar surface area (TPSA) is 0 Å². The van der Waals surface area contributed by atoms with Gasteiger partial charge in [0.05, 0.1) is 0 Å². The molecular formula is C33H26Cl2Zr. The second-order valence-electron chi connectivity index (χ2n) is 9.83. The second kappa shape index (κ2) is 10.3. The minimum atomic E-state index is 0. The predicted molar refractivity (Wildman–Crippen MR) is 140 cm³/mol. The molecule has 0 heterocycles. The number of halogens is 2. The fraction of sp³-hybridized carbons (Fsp3) is 0.152. The van der Waals surface area contributed by atoms with Crippen molar-refractivity contribution in [1.29, 1.82) is 0 Å². The third-order valence-electron chi connectivity index (χ3n) is 7.80. The summed E-state index contributed by atoms with van der Waals surface area (Å²) in [7, 11) is 0. The fourth-order valence-corrected chi connectivity index (χ4v) is 6.47. The van der Waals surface area contributed by atoms with Gasteiger partial charge in [-0.15, -0.1) is 0 Å². The summed E-state index contributed by atoms with van der Waals surface area (Å²) in [4.78, 5) is 0. The molecule has 0 radical (unpaired) electrons. The van der Waals surface area contributed by atoms with Crippen LogP contribution in [0.4, 0.5) is 0 Å². The van der Waals surface area contributed by atoms with Crippen LogP contribution >= 0.6 is 0 Å². The number of fused-ring (bicyclic) bond motifs is 7. The van der Waals surface area contributed by atoms with Crippen molar-refractivity contribution in [3.05, 3.63) is 130 Å². The molecule has 2 atom stereocenters. The quantitative estimate of drug-likeness (QED) is 0.328. The van der Waals surface area contributed by atoms with E-state index in [1.807, 2.05) is 0 Å². The molecule has 0 aliphatic heterocycles. The van der Waals surface area contributed by atoms with Gasteiger partial charge in [-0.1, -0.05) is 117 Å². The molecule has 0 nitrogen and oxygen atoms in total. The molecule has 3 aliphatic carbocycles. The first-order valence-electron chi connectivity index (χ1n) is 12.1.